The molecule has 0 aliphatic carbocycles. The van der Waals surface area contributed by atoms with E-state index in [0.29, 0.717) is 29.5 Å². The lowest BCUT2D eigenvalue weighted by atomic mass is 9.84. The molecule has 3 aromatic rings. The van der Waals surface area contributed by atoms with E-state index in [1.165, 1.54) is 28.8 Å². The molecular formula is C34H43ClF2N2O4S. The van der Waals surface area contributed by atoms with Crippen LogP contribution in [-0.4, -0.2) is 47.0 Å². The van der Waals surface area contributed by atoms with E-state index in [-0.39, 0.29) is 53.3 Å². The predicted octanol–water partition coefficient (Wildman–Crippen LogP) is 7.39. The van der Waals surface area contributed by atoms with E-state index in [0.717, 1.165) is 17.7 Å². The van der Waals surface area contributed by atoms with Gasteiger partial charge in [0.25, 0.3) is 5.56 Å². The van der Waals surface area contributed by atoms with E-state index < -0.39 is 36.0 Å². The van der Waals surface area contributed by atoms with E-state index in [2.05, 4.69) is 0 Å². The maximum Gasteiger partial charge on any atom is 0.303 e. The maximum atomic E-state index is 15.7. The molecule has 240 valence electrons. The van der Waals surface area contributed by atoms with Gasteiger partial charge in [-0.15, -0.1) is 0 Å². The number of carbonyl (C=O) groups excluding carboxylic acids is 1. The number of pyridine rings is 1. The van der Waals surface area contributed by atoms with Gasteiger partial charge < -0.3 is 14.6 Å². The van der Waals surface area contributed by atoms with E-state index in [4.69, 9.17) is 11.6 Å². The minimum atomic E-state index is -1.19. The van der Waals surface area contributed by atoms with Gasteiger partial charge in [0, 0.05) is 36.7 Å². The van der Waals surface area contributed by atoms with Crippen molar-refractivity contribution < 1.29 is 23.5 Å². The highest BCUT2D eigenvalue weighted by Gasteiger charge is 2.30. The number of ketones is 1. The largest absolute Gasteiger partial charge is 0.481 e. The van der Waals surface area contributed by atoms with Crippen molar-refractivity contribution in [2.75, 3.05) is 20.6 Å². The van der Waals surface area contributed by atoms with Crippen LogP contribution in [-0.2, 0) is 16.0 Å². The molecule has 10 heteroatoms. The highest BCUT2D eigenvalue weighted by molar-refractivity contribution is 7.59. The van der Waals surface area contributed by atoms with E-state index in [1.54, 1.807) is 26.1 Å². The summed E-state index contributed by atoms with van der Waals surface area (Å²) < 4.78 is 31.1. The molecule has 6 nitrogen and oxygen atoms in total. The molecule has 2 atom stereocenters. The van der Waals surface area contributed by atoms with Crippen LogP contribution in [0, 0.1) is 38.3 Å². The van der Waals surface area contributed by atoms with Gasteiger partial charge in [-0.25, -0.2) is 8.78 Å². The molecule has 0 bridgehead atoms. The molecule has 0 spiro atoms. The van der Waals surface area contributed by atoms with Crippen molar-refractivity contribution in [1.29, 1.82) is 0 Å². The molecule has 3 rings (SSSR count). The van der Waals surface area contributed by atoms with Gasteiger partial charge in [-0.1, -0.05) is 25.4 Å². The van der Waals surface area contributed by atoms with E-state index in [1.807, 2.05) is 39.8 Å². The second-order valence-electron chi connectivity index (χ2n) is 12.2. The highest BCUT2D eigenvalue weighted by Crippen LogP contribution is 2.38. The summed E-state index contributed by atoms with van der Waals surface area (Å²) >= 11 is 6.38. The molecule has 0 amide bonds. The van der Waals surface area contributed by atoms with Crippen molar-refractivity contribution in [3.8, 4) is 11.1 Å². The van der Waals surface area contributed by atoms with Crippen molar-refractivity contribution in [3.05, 3.63) is 91.4 Å². The molecule has 1 aromatic heterocycles. The lowest BCUT2D eigenvalue weighted by Gasteiger charge is -2.25. The van der Waals surface area contributed by atoms with E-state index >= 15 is 4.39 Å². The number of Topliss-reactive ketones (excluding diaryl/α,β-unsaturated/α-hetero) is 1. The molecule has 44 heavy (non-hydrogen) atoms. The summed E-state index contributed by atoms with van der Waals surface area (Å²) in [7, 11) is 3.92. The molecular weight excluding hydrogens is 606 g/mol. The number of rotatable bonds is 13. The third kappa shape index (κ3) is 9.25. The van der Waals surface area contributed by atoms with Gasteiger partial charge in [0.15, 0.2) is 5.78 Å². The molecule has 0 saturated heterocycles. The molecule has 0 fully saturated rings. The average molecular weight is 649 g/mol. The highest BCUT2D eigenvalue weighted by atomic mass is 35.5. The van der Waals surface area contributed by atoms with Gasteiger partial charge in [-0.2, -0.15) is 13.5 Å². The van der Waals surface area contributed by atoms with Crippen molar-refractivity contribution in [2.45, 2.75) is 72.3 Å². The third-order valence-corrected chi connectivity index (χ3v) is 8.06. The van der Waals surface area contributed by atoms with Crippen LogP contribution < -0.4 is 5.56 Å². The third-order valence-electron chi connectivity index (χ3n) is 7.76. The van der Waals surface area contributed by atoms with Crippen molar-refractivity contribution in [3.63, 3.8) is 0 Å². The molecule has 1 N–H and O–H groups in total. The number of nitrogens with zero attached hydrogens (tertiary/aromatic N) is 2. The van der Waals surface area contributed by atoms with Crippen molar-refractivity contribution in [1.82, 2.24) is 9.47 Å². The number of carbonyl (C=O) groups is 2. The zero-order chi connectivity index (χ0) is 32.2. The van der Waals surface area contributed by atoms with Crippen molar-refractivity contribution >= 4 is 36.8 Å². The van der Waals surface area contributed by atoms with Gasteiger partial charge in [0.1, 0.15) is 11.6 Å². The minimum Gasteiger partial charge on any atom is -0.481 e. The van der Waals surface area contributed by atoms with Crippen LogP contribution >= 0.6 is 25.1 Å². The Balaban J connectivity index is 0.00000675. The second kappa shape index (κ2) is 15.8. The first kappa shape index (κ1) is 37.2. The monoisotopic (exact) mass is 648 g/mol. The second-order valence-corrected chi connectivity index (χ2v) is 12.6. The normalized spacial score (nSPS) is 12.7. The quantitative estimate of drug-likeness (QED) is 0.209. The fourth-order valence-corrected chi connectivity index (χ4v) is 5.93. The molecule has 0 radical (unpaired) electrons. The summed E-state index contributed by atoms with van der Waals surface area (Å²) in [6.07, 6.45) is 2.01. The fraction of sp³-hybridized carbons (Fsp3) is 0.441. The topological polar surface area (TPSA) is 79.6 Å². The lowest BCUT2D eigenvalue weighted by Crippen LogP contribution is -2.32. The summed E-state index contributed by atoms with van der Waals surface area (Å²) in [6.45, 7) is 9.76. The van der Waals surface area contributed by atoms with Crippen LogP contribution in [0.5, 0.6) is 0 Å². The Bertz CT molecular complexity index is 1550. The van der Waals surface area contributed by atoms with Crippen LogP contribution in [0.25, 0.3) is 11.1 Å². The first-order valence-corrected chi connectivity index (χ1v) is 14.8. The van der Waals surface area contributed by atoms with Gasteiger partial charge in [-0.3, -0.25) is 14.4 Å². The number of hydrogen-bond acceptors (Lipinski definition) is 4. The lowest BCUT2D eigenvalue weighted by molar-refractivity contribution is -0.137. The Morgan fingerprint density at radius 1 is 0.977 bits per heavy atom. The Morgan fingerprint density at radius 2 is 1.64 bits per heavy atom. The average Bonchev–Trinajstić information content (AvgIpc) is 2.87. The van der Waals surface area contributed by atoms with E-state index in [9.17, 15) is 23.9 Å². The standard InChI is InChI=1S/C34H41ClF2N2O4.H2S/c1-19(2)10-29(39-18-23(8-9-38(6)7)20(3)13-31(39)41)30(40)15-24(16-32(42)43)27-14-25(11-22(5)34(27)37)33-21(4)12-26(36)17-28(33)35;/h11-14,17-19,24,29H,8-10,15-16H2,1-7H3,(H,42,43);1H2/t24-,29?;/m0./s1. The van der Waals surface area contributed by atoms with Crippen LogP contribution in [0.1, 0.15) is 72.9 Å². The smallest absolute Gasteiger partial charge is 0.303 e. The summed E-state index contributed by atoms with van der Waals surface area (Å²) in [6, 6.07) is 6.26. The number of likely N-dealkylation sites (N-methyl/N-ethyl adjacent to an activating group) is 1. The number of carboxylic acid groups (broad SMARTS) is 1. The minimum absolute atomic E-state index is 0. The number of aromatic nitrogens is 1. The van der Waals surface area contributed by atoms with Crippen LogP contribution in [0.15, 0.2) is 41.3 Å². The van der Waals surface area contributed by atoms with Gasteiger partial charge in [0.2, 0.25) is 0 Å². The summed E-state index contributed by atoms with van der Waals surface area (Å²) in [4.78, 5) is 41.2. The van der Waals surface area contributed by atoms with Gasteiger partial charge >= 0.3 is 5.97 Å². The summed E-state index contributed by atoms with van der Waals surface area (Å²) in [5.74, 6) is -3.61. The van der Waals surface area contributed by atoms with Crippen LogP contribution in [0.3, 0.4) is 0 Å². The molecule has 1 heterocycles. The Morgan fingerprint density at radius 3 is 2.20 bits per heavy atom. The van der Waals surface area contributed by atoms with Gasteiger partial charge in [-0.05, 0) is 111 Å². The molecule has 0 aliphatic rings. The number of aliphatic carboxylic acids is 1. The number of aryl methyl sites for hydroxylation is 3. The zero-order valence-corrected chi connectivity index (χ0v) is 28.2. The number of carboxylic acids is 1. The molecule has 2 aromatic carbocycles. The molecule has 1 unspecified atom stereocenters. The summed E-state index contributed by atoms with van der Waals surface area (Å²) in [5.41, 5.74) is 3.31. The maximum absolute atomic E-state index is 15.7. The number of halogens is 3. The summed E-state index contributed by atoms with van der Waals surface area (Å²) in [5, 5.41) is 9.92. The van der Waals surface area contributed by atoms with Crippen molar-refractivity contribution in [2.24, 2.45) is 5.92 Å². The first-order chi connectivity index (χ1) is 20.1. The Kier molecular flexibility index (Phi) is 13.4. The Hall–Kier alpha value is -3.01. The fourth-order valence-electron chi connectivity index (χ4n) is 5.57. The van der Waals surface area contributed by atoms with Gasteiger partial charge in [0.05, 0.1) is 17.5 Å². The molecule has 0 aliphatic heterocycles. The number of hydrogen-bond donors (Lipinski definition) is 1. The first-order valence-electron chi connectivity index (χ1n) is 14.5. The zero-order valence-electron chi connectivity index (χ0n) is 26.4. The SMILES string of the molecule is Cc1cc(=O)n(C(CC(C)C)C(=O)C[C@@H](CC(=O)O)c2cc(-c3c(C)cc(F)cc3Cl)cc(C)c2F)cc1CCN(C)C.S. The number of benzene rings is 2. The predicted molar refractivity (Wildman–Crippen MR) is 177 cm³/mol. The Labute approximate surface area is 270 Å². The molecule has 0 saturated carbocycles. The van der Waals surface area contributed by atoms with Crippen LogP contribution in [0.4, 0.5) is 8.78 Å². The van der Waals surface area contributed by atoms with Crippen LogP contribution in [0.2, 0.25) is 5.02 Å².